The highest BCUT2D eigenvalue weighted by Gasteiger charge is 2.50. The number of nitrogens with two attached hydrogens (primary N) is 1. The summed E-state index contributed by atoms with van der Waals surface area (Å²) in [6.45, 7) is 9.49. The Bertz CT molecular complexity index is 2090. The molecule has 0 spiro atoms. The molecule has 2 heterocycles. The van der Waals surface area contributed by atoms with Gasteiger partial charge in [-0.1, -0.05) is 81.4 Å². The lowest BCUT2D eigenvalue weighted by atomic mass is 9.88. The van der Waals surface area contributed by atoms with E-state index in [-0.39, 0.29) is 33.1 Å². The van der Waals surface area contributed by atoms with E-state index < -0.39 is 36.2 Å². The van der Waals surface area contributed by atoms with E-state index >= 15 is 0 Å². The first kappa shape index (κ1) is 41.5. The maximum Gasteiger partial charge on any atom is 0.419 e. The van der Waals surface area contributed by atoms with E-state index in [0.717, 1.165) is 31.9 Å². The van der Waals surface area contributed by atoms with Crippen LogP contribution in [0.15, 0.2) is 113 Å². The minimum absolute atomic E-state index is 0.0630. The molecule has 14 heteroatoms. The van der Waals surface area contributed by atoms with Crippen molar-refractivity contribution in [3.63, 3.8) is 0 Å². The third-order valence-corrected chi connectivity index (χ3v) is 17.6. The van der Waals surface area contributed by atoms with E-state index in [1.165, 1.54) is 50.5 Å². The van der Waals surface area contributed by atoms with Gasteiger partial charge in [-0.3, -0.25) is 10.4 Å². The number of hydrogen-bond donors (Lipinski definition) is 1. The summed E-state index contributed by atoms with van der Waals surface area (Å²) in [7, 11) is -4.70. The van der Waals surface area contributed by atoms with E-state index in [0.29, 0.717) is 36.8 Å². The number of halogens is 3. The summed E-state index contributed by atoms with van der Waals surface area (Å²) >= 11 is 0. The van der Waals surface area contributed by atoms with Crippen molar-refractivity contribution >= 4 is 39.9 Å². The van der Waals surface area contributed by atoms with Crippen molar-refractivity contribution in [2.24, 2.45) is 23.7 Å². The van der Waals surface area contributed by atoms with Gasteiger partial charge < -0.3 is 14.1 Å². The Balaban J connectivity index is 1.02. The van der Waals surface area contributed by atoms with Crippen molar-refractivity contribution in [3.05, 3.63) is 114 Å². The number of aryl methyl sites for hydroxylation is 2. The van der Waals surface area contributed by atoms with Crippen molar-refractivity contribution in [2.45, 2.75) is 88.3 Å². The third-order valence-electron chi connectivity index (χ3n) is 10.8. The average molecular weight is 808 g/mol. The fraction of sp³-hybridized carbons (Fsp3) is 0.429. The van der Waals surface area contributed by atoms with E-state index in [1.54, 1.807) is 14.0 Å². The van der Waals surface area contributed by atoms with Crippen LogP contribution in [0.1, 0.15) is 64.0 Å². The van der Waals surface area contributed by atoms with Gasteiger partial charge >= 0.3 is 6.18 Å². The van der Waals surface area contributed by atoms with Crippen LogP contribution < -0.4 is 21.0 Å². The second-order valence-electron chi connectivity index (χ2n) is 15.9. The van der Waals surface area contributed by atoms with E-state index in [1.807, 2.05) is 12.1 Å². The number of allylic oxidation sites excluding steroid dienone is 1. The fourth-order valence-electron chi connectivity index (χ4n) is 7.93. The molecular weight excluding hydrogens is 756 g/mol. The van der Waals surface area contributed by atoms with E-state index in [2.05, 4.69) is 79.4 Å². The van der Waals surface area contributed by atoms with Crippen molar-refractivity contribution in [3.8, 4) is 0 Å². The highest BCUT2D eigenvalue weighted by atomic mass is 32.2. The summed E-state index contributed by atoms with van der Waals surface area (Å²) in [4.78, 5) is 5.46. The van der Waals surface area contributed by atoms with Crippen LogP contribution in [0.2, 0.25) is 5.04 Å². The molecule has 1 fully saturated rings. The van der Waals surface area contributed by atoms with Gasteiger partial charge in [0.05, 0.1) is 34.2 Å². The number of sulfone groups is 1. The molecule has 0 saturated heterocycles. The van der Waals surface area contributed by atoms with Crippen molar-refractivity contribution in [1.29, 1.82) is 0 Å². The monoisotopic (exact) mass is 807 g/mol. The van der Waals surface area contributed by atoms with Crippen molar-refractivity contribution in [1.82, 2.24) is 9.78 Å². The van der Waals surface area contributed by atoms with Crippen LogP contribution >= 0.6 is 0 Å². The number of benzene rings is 3. The topological polar surface area (TPSA) is 112 Å². The Morgan fingerprint density at radius 1 is 0.929 bits per heavy atom. The quantitative estimate of drug-likeness (QED) is 0.114. The molecule has 6 rings (SSSR count). The Kier molecular flexibility index (Phi) is 12.5. The van der Waals surface area contributed by atoms with Gasteiger partial charge in [0.25, 0.3) is 8.32 Å². The molecule has 2 N–H and O–H groups in total. The predicted molar refractivity (Wildman–Crippen MR) is 217 cm³/mol. The lowest BCUT2D eigenvalue weighted by Gasteiger charge is -2.44. The van der Waals surface area contributed by atoms with Gasteiger partial charge in [0.15, 0.2) is 16.1 Å². The number of ether oxygens (including phenoxy) is 1. The number of aliphatic imine (C=N–C) groups is 1. The summed E-state index contributed by atoms with van der Waals surface area (Å²) in [5, 5.41) is 6.41. The number of nitrogens with zero attached hydrogens (tertiary/aromatic N) is 4. The third kappa shape index (κ3) is 9.04. The zero-order valence-electron chi connectivity index (χ0n) is 32.7. The molecule has 300 valence electrons. The van der Waals surface area contributed by atoms with Gasteiger partial charge in [0, 0.05) is 43.9 Å². The van der Waals surface area contributed by atoms with Gasteiger partial charge in [-0.05, 0) is 84.1 Å². The molecule has 1 aliphatic carbocycles. The number of aromatic nitrogens is 2. The maximum absolute atomic E-state index is 14.2. The lowest BCUT2D eigenvalue weighted by Crippen LogP contribution is -2.67. The van der Waals surface area contributed by atoms with Crippen molar-refractivity contribution in [2.75, 3.05) is 23.9 Å². The Hall–Kier alpha value is -4.08. The largest absolute Gasteiger partial charge is 0.419 e. The van der Waals surface area contributed by atoms with Crippen LogP contribution in [-0.2, 0) is 26.0 Å². The number of anilines is 1. The van der Waals surface area contributed by atoms with Crippen LogP contribution in [0.25, 0.3) is 0 Å². The minimum atomic E-state index is -4.72. The fourth-order valence-corrected chi connectivity index (χ4v) is 13.9. The summed E-state index contributed by atoms with van der Waals surface area (Å²) in [6, 6.07) is 25.7. The molecule has 1 aromatic heterocycles. The standard InChI is InChI=1S/C42H52F3N5O4SSi/c1-30-25-34(21-22-38(30)50-28-37(42(43,44)45)39(48-40(50)46)32-26-47-49(5)27-32)55(51,52)24-12-23-53-33-19-17-31(18-20-33)29-54-56(41(2,3)4,35-13-8-6-9-14-35)36-15-10-7-11-16-36/h6-11,13-16,21-22,25-28,31,33,40H,12,17-20,23-24,29,46H2,1-5H3. The molecule has 9 nitrogen and oxygen atoms in total. The summed E-state index contributed by atoms with van der Waals surface area (Å²) in [5.74, 6) is 0.293. The SMILES string of the molecule is Cc1cc(S(=O)(=O)CCCOC2CCC(CO[Si](c3ccccc3)(c3ccccc3)C(C)(C)C)CC2)ccc1N1C=C(C(F)(F)F)C(c2cnn(C)c2)=NC1N. The van der Waals surface area contributed by atoms with Crippen LogP contribution in [0, 0.1) is 12.8 Å². The maximum atomic E-state index is 14.2. The molecule has 0 amide bonds. The molecule has 1 aliphatic heterocycles. The Morgan fingerprint density at radius 2 is 1.55 bits per heavy atom. The second kappa shape index (κ2) is 16.8. The first-order chi connectivity index (χ1) is 26.5. The smallest absolute Gasteiger partial charge is 0.407 e. The summed E-state index contributed by atoms with van der Waals surface area (Å²) < 4.78 is 84.0. The lowest BCUT2D eigenvalue weighted by molar-refractivity contribution is -0.0864. The molecule has 4 aromatic rings. The van der Waals surface area contributed by atoms with Crippen molar-refractivity contribution < 1.29 is 30.8 Å². The molecular formula is C42H52F3N5O4SSi. The van der Waals surface area contributed by atoms with Crippen LogP contribution in [-0.4, -0.2) is 69.8 Å². The van der Waals surface area contributed by atoms with Gasteiger partial charge in [-0.25, -0.2) is 13.4 Å². The first-order valence-corrected chi connectivity index (χ1v) is 22.7. The molecule has 56 heavy (non-hydrogen) atoms. The highest BCUT2D eigenvalue weighted by Crippen LogP contribution is 2.39. The van der Waals surface area contributed by atoms with E-state index in [4.69, 9.17) is 14.9 Å². The van der Waals surface area contributed by atoms with Crippen LogP contribution in [0.5, 0.6) is 0 Å². The molecule has 1 saturated carbocycles. The Labute approximate surface area is 329 Å². The molecule has 3 aromatic carbocycles. The summed E-state index contributed by atoms with van der Waals surface area (Å²) in [5.41, 5.74) is 5.94. The molecule has 1 unspecified atom stereocenters. The first-order valence-electron chi connectivity index (χ1n) is 19.1. The minimum Gasteiger partial charge on any atom is -0.407 e. The number of alkyl halides is 3. The van der Waals surface area contributed by atoms with Gasteiger partial charge in [0.2, 0.25) is 0 Å². The highest BCUT2D eigenvalue weighted by molar-refractivity contribution is 7.91. The molecule has 0 radical (unpaired) electrons. The molecule has 0 bridgehead atoms. The average Bonchev–Trinajstić information content (AvgIpc) is 3.60. The van der Waals surface area contributed by atoms with Gasteiger partial charge in [-0.2, -0.15) is 18.3 Å². The normalized spacial score (nSPS) is 19.8. The summed E-state index contributed by atoms with van der Waals surface area (Å²) in [6.07, 6.45) is 1.89. The van der Waals surface area contributed by atoms with E-state index in [9.17, 15) is 21.6 Å². The van der Waals surface area contributed by atoms with Gasteiger partial charge in [0.1, 0.15) is 0 Å². The number of rotatable bonds is 13. The van der Waals surface area contributed by atoms with Crippen LogP contribution in [0.4, 0.5) is 18.9 Å². The zero-order chi connectivity index (χ0) is 40.3. The molecule has 2 aliphatic rings. The second-order valence-corrected chi connectivity index (χ2v) is 22.3. The predicted octanol–water partition coefficient (Wildman–Crippen LogP) is 7.04. The molecule has 1 atom stereocenters. The van der Waals surface area contributed by atoms with Gasteiger partial charge in [-0.15, -0.1) is 0 Å². The number of hydrogen-bond acceptors (Lipinski definition) is 8. The zero-order valence-corrected chi connectivity index (χ0v) is 34.5. The Morgan fingerprint density at radius 3 is 2.09 bits per heavy atom. The van der Waals surface area contributed by atoms with Crippen LogP contribution in [0.3, 0.4) is 0 Å².